The molecule has 0 radical (unpaired) electrons. The average Bonchev–Trinajstić information content (AvgIpc) is 3.15. The van der Waals surface area contributed by atoms with Gasteiger partial charge in [-0.3, -0.25) is 14.4 Å². The van der Waals surface area contributed by atoms with E-state index in [4.69, 9.17) is 0 Å². The van der Waals surface area contributed by atoms with Crippen LogP contribution in [0.3, 0.4) is 0 Å². The lowest BCUT2D eigenvalue weighted by atomic mass is 10.0. The number of amides is 3. The van der Waals surface area contributed by atoms with Crippen molar-refractivity contribution in [1.29, 1.82) is 0 Å². The van der Waals surface area contributed by atoms with Gasteiger partial charge in [0.05, 0.1) is 6.54 Å². The number of aromatic amines is 1. The number of hydrogen-bond donors (Lipinski definition) is 2. The molecule has 1 unspecified atom stereocenters. The van der Waals surface area contributed by atoms with Crippen LogP contribution in [0.15, 0.2) is 36.5 Å². The molecule has 8 nitrogen and oxygen atoms in total. The second kappa shape index (κ2) is 9.36. The van der Waals surface area contributed by atoms with Crippen molar-refractivity contribution in [3.05, 3.63) is 53.6 Å². The molecule has 154 valence electrons. The number of aromatic nitrogens is 2. The Hall–Kier alpha value is -3.16. The molecule has 1 fully saturated rings. The van der Waals surface area contributed by atoms with Crippen LogP contribution in [0.5, 0.6) is 0 Å². The van der Waals surface area contributed by atoms with E-state index in [0.717, 1.165) is 18.5 Å². The number of nitrogens with zero attached hydrogens (tertiary/aromatic N) is 3. The van der Waals surface area contributed by atoms with E-state index in [-0.39, 0.29) is 12.5 Å². The van der Waals surface area contributed by atoms with Gasteiger partial charge in [0.1, 0.15) is 11.9 Å². The van der Waals surface area contributed by atoms with Gasteiger partial charge in [-0.2, -0.15) is 0 Å². The maximum atomic E-state index is 13.1. The highest BCUT2D eigenvalue weighted by Crippen LogP contribution is 2.24. The van der Waals surface area contributed by atoms with Crippen LogP contribution in [0.25, 0.3) is 0 Å². The summed E-state index contributed by atoms with van der Waals surface area (Å²) in [6.45, 7) is 5.45. The maximum Gasteiger partial charge on any atom is 0.313 e. The standard InChI is InChI=1S/C21H27N5O3/c1-3-4-10-25-11-12-26(21(29)20(25)28)18(16-8-6-5-7-9-16)19(27)23-14-17-22-13-15(2)24-17/h5-9,13,18H,3-4,10-12,14H2,1-2H3,(H,22,24)(H,23,27). The number of carbonyl (C=O) groups is 3. The molecule has 1 saturated heterocycles. The number of aryl methyl sites for hydroxylation is 1. The fourth-order valence-electron chi connectivity index (χ4n) is 3.43. The minimum absolute atomic E-state index is 0.217. The minimum Gasteiger partial charge on any atom is -0.347 e. The fourth-order valence-corrected chi connectivity index (χ4v) is 3.43. The number of benzene rings is 1. The molecule has 0 saturated carbocycles. The number of rotatable bonds is 8. The Balaban J connectivity index is 1.78. The molecule has 8 heteroatoms. The lowest BCUT2D eigenvalue weighted by Crippen LogP contribution is -2.57. The van der Waals surface area contributed by atoms with Gasteiger partial charge in [0.25, 0.3) is 0 Å². The Labute approximate surface area is 170 Å². The van der Waals surface area contributed by atoms with Crippen molar-refractivity contribution in [2.24, 2.45) is 0 Å². The average molecular weight is 397 g/mol. The molecule has 29 heavy (non-hydrogen) atoms. The van der Waals surface area contributed by atoms with Gasteiger partial charge in [0.15, 0.2) is 0 Å². The first kappa shape index (κ1) is 20.6. The van der Waals surface area contributed by atoms with Gasteiger partial charge < -0.3 is 20.1 Å². The molecule has 3 amide bonds. The van der Waals surface area contributed by atoms with E-state index in [9.17, 15) is 14.4 Å². The molecule has 2 N–H and O–H groups in total. The summed E-state index contributed by atoms with van der Waals surface area (Å²) < 4.78 is 0. The number of nitrogens with one attached hydrogen (secondary N) is 2. The quantitative estimate of drug-likeness (QED) is 0.660. The lowest BCUT2D eigenvalue weighted by Gasteiger charge is -2.38. The molecule has 0 aliphatic carbocycles. The van der Waals surface area contributed by atoms with E-state index in [1.165, 1.54) is 4.90 Å². The Morgan fingerprint density at radius 3 is 2.62 bits per heavy atom. The molecule has 1 aromatic heterocycles. The molecule has 1 aliphatic heterocycles. The van der Waals surface area contributed by atoms with Crippen molar-refractivity contribution in [3.63, 3.8) is 0 Å². The molecule has 0 spiro atoms. The topological polar surface area (TPSA) is 98.4 Å². The summed E-state index contributed by atoms with van der Waals surface area (Å²) in [7, 11) is 0. The van der Waals surface area contributed by atoms with Crippen molar-refractivity contribution < 1.29 is 14.4 Å². The monoisotopic (exact) mass is 397 g/mol. The van der Waals surface area contributed by atoms with Crippen molar-refractivity contribution >= 4 is 17.7 Å². The number of piperazine rings is 1. The van der Waals surface area contributed by atoms with Gasteiger partial charge in [0.2, 0.25) is 5.91 Å². The molecular weight excluding hydrogens is 370 g/mol. The summed E-state index contributed by atoms with van der Waals surface area (Å²) in [6, 6.07) is 8.20. The number of hydrogen-bond acceptors (Lipinski definition) is 4. The number of carbonyl (C=O) groups excluding carboxylic acids is 3. The van der Waals surface area contributed by atoms with Crippen LogP contribution in [-0.2, 0) is 20.9 Å². The Bertz CT molecular complexity index is 864. The van der Waals surface area contributed by atoms with E-state index < -0.39 is 17.9 Å². The summed E-state index contributed by atoms with van der Waals surface area (Å²) in [4.78, 5) is 48.7. The lowest BCUT2D eigenvalue weighted by molar-refractivity contribution is -0.159. The summed E-state index contributed by atoms with van der Waals surface area (Å²) >= 11 is 0. The summed E-state index contributed by atoms with van der Waals surface area (Å²) in [5.41, 5.74) is 1.57. The molecule has 2 heterocycles. The smallest absolute Gasteiger partial charge is 0.313 e. The molecule has 2 aromatic rings. The van der Waals surface area contributed by atoms with E-state index in [2.05, 4.69) is 15.3 Å². The molecular formula is C21H27N5O3. The van der Waals surface area contributed by atoms with Crippen LogP contribution < -0.4 is 5.32 Å². The first-order chi connectivity index (χ1) is 14.0. The summed E-state index contributed by atoms with van der Waals surface area (Å²) in [5.74, 6) is -0.881. The SMILES string of the molecule is CCCCN1CCN(C(C(=O)NCc2ncc(C)[nH]2)c2ccccc2)C(=O)C1=O. The molecule has 3 rings (SSSR count). The predicted octanol–water partition coefficient (Wildman–Crippen LogP) is 1.55. The Kier molecular flexibility index (Phi) is 6.64. The molecule has 1 aromatic carbocycles. The number of unbranched alkanes of at least 4 members (excludes halogenated alkanes) is 1. The zero-order valence-corrected chi connectivity index (χ0v) is 16.9. The van der Waals surface area contributed by atoms with Gasteiger partial charge in [-0.1, -0.05) is 43.7 Å². The first-order valence-corrected chi connectivity index (χ1v) is 9.94. The summed E-state index contributed by atoms with van der Waals surface area (Å²) in [5, 5.41) is 2.84. The normalized spacial score (nSPS) is 15.5. The largest absolute Gasteiger partial charge is 0.347 e. The van der Waals surface area contributed by atoms with Crippen LogP contribution in [0.4, 0.5) is 0 Å². The van der Waals surface area contributed by atoms with Crippen LogP contribution in [-0.4, -0.2) is 57.1 Å². The van der Waals surface area contributed by atoms with Crippen LogP contribution in [0, 0.1) is 6.92 Å². The van der Waals surface area contributed by atoms with E-state index in [0.29, 0.717) is 31.0 Å². The highest BCUT2D eigenvalue weighted by Gasteiger charge is 2.39. The fraction of sp³-hybridized carbons (Fsp3) is 0.429. The highest BCUT2D eigenvalue weighted by atomic mass is 16.2. The second-order valence-corrected chi connectivity index (χ2v) is 7.19. The van der Waals surface area contributed by atoms with Gasteiger partial charge in [0, 0.05) is 31.5 Å². The van der Waals surface area contributed by atoms with Crippen molar-refractivity contribution in [1.82, 2.24) is 25.1 Å². The van der Waals surface area contributed by atoms with Gasteiger partial charge in [-0.15, -0.1) is 0 Å². The van der Waals surface area contributed by atoms with Crippen molar-refractivity contribution in [2.75, 3.05) is 19.6 Å². The molecule has 0 bridgehead atoms. The molecule has 1 atom stereocenters. The van der Waals surface area contributed by atoms with Crippen LogP contribution in [0.2, 0.25) is 0 Å². The maximum absolute atomic E-state index is 13.1. The van der Waals surface area contributed by atoms with E-state index >= 15 is 0 Å². The van der Waals surface area contributed by atoms with Crippen molar-refractivity contribution in [3.8, 4) is 0 Å². The van der Waals surface area contributed by atoms with Gasteiger partial charge >= 0.3 is 11.8 Å². The van der Waals surface area contributed by atoms with Crippen LogP contribution >= 0.6 is 0 Å². The second-order valence-electron chi connectivity index (χ2n) is 7.19. The third kappa shape index (κ3) is 4.82. The van der Waals surface area contributed by atoms with E-state index in [1.807, 2.05) is 32.0 Å². The highest BCUT2D eigenvalue weighted by molar-refractivity contribution is 6.35. The first-order valence-electron chi connectivity index (χ1n) is 9.94. The third-order valence-corrected chi connectivity index (χ3v) is 4.98. The van der Waals surface area contributed by atoms with Gasteiger partial charge in [-0.05, 0) is 18.9 Å². The van der Waals surface area contributed by atoms with Crippen molar-refractivity contribution in [2.45, 2.75) is 39.3 Å². The molecule has 1 aliphatic rings. The third-order valence-electron chi connectivity index (χ3n) is 4.98. The zero-order valence-electron chi connectivity index (χ0n) is 16.9. The Morgan fingerprint density at radius 1 is 1.21 bits per heavy atom. The van der Waals surface area contributed by atoms with E-state index in [1.54, 1.807) is 23.2 Å². The zero-order chi connectivity index (χ0) is 20.8. The Morgan fingerprint density at radius 2 is 1.97 bits per heavy atom. The number of imidazole rings is 1. The van der Waals surface area contributed by atoms with Gasteiger partial charge in [-0.25, -0.2) is 4.98 Å². The predicted molar refractivity (Wildman–Crippen MR) is 108 cm³/mol. The number of H-pyrrole nitrogens is 1. The van der Waals surface area contributed by atoms with Crippen LogP contribution in [0.1, 0.15) is 42.9 Å². The minimum atomic E-state index is -0.864. The summed E-state index contributed by atoms with van der Waals surface area (Å²) in [6.07, 6.45) is 3.49.